The molecule has 0 saturated carbocycles. The zero-order valence-electron chi connectivity index (χ0n) is 14.7. The summed E-state index contributed by atoms with van der Waals surface area (Å²) in [6.45, 7) is 2.39. The number of nitrogens with zero attached hydrogens (tertiary/aromatic N) is 1. The van der Waals surface area contributed by atoms with E-state index in [2.05, 4.69) is 4.72 Å². The van der Waals surface area contributed by atoms with Crippen LogP contribution >= 0.6 is 0 Å². The number of likely N-dealkylation sites (tertiary alicyclic amines) is 1. The van der Waals surface area contributed by atoms with E-state index in [0.717, 1.165) is 30.2 Å². The highest BCUT2D eigenvalue weighted by atomic mass is 32.2. The normalized spacial score (nSPS) is 17.3. The molecule has 2 aromatic carbocycles. The van der Waals surface area contributed by atoms with Gasteiger partial charge in [0.1, 0.15) is 5.82 Å². The first-order valence-electron chi connectivity index (χ1n) is 8.39. The predicted molar refractivity (Wildman–Crippen MR) is 99.1 cm³/mol. The van der Waals surface area contributed by atoms with Gasteiger partial charge in [-0.1, -0.05) is 18.2 Å². The van der Waals surface area contributed by atoms with Crippen LogP contribution in [0.4, 0.5) is 10.1 Å². The van der Waals surface area contributed by atoms with Crippen LogP contribution in [0, 0.1) is 12.7 Å². The SMILES string of the molecule is Cc1ccc(C(=O)N2CCCC2c2ccc(F)cc2)cc1NS(C)(=O)=O. The first-order chi connectivity index (χ1) is 12.2. The van der Waals surface area contributed by atoms with E-state index >= 15 is 0 Å². The van der Waals surface area contributed by atoms with E-state index in [1.807, 2.05) is 0 Å². The molecule has 1 aliphatic rings. The molecule has 3 rings (SSSR count). The monoisotopic (exact) mass is 376 g/mol. The Balaban J connectivity index is 1.88. The zero-order valence-corrected chi connectivity index (χ0v) is 15.5. The lowest BCUT2D eigenvalue weighted by atomic mass is 10.0. The molecular weight excluding hydrogens is 355 g/mol. The number of aryl methyl sites for hydroxylation is 1. The molecular formula is C19H21FN2O3S. The van der Waals surface area contributed by atoms with Crippen LogP contribution in [0.3, 0.4) is 0 Å². The van der Waals surface area contributed by atoms with Gasteiger partial charge in [0.25, 0.3) is 5.91 Å². The number of hydrogen-bond acceptors (Lipinski definition) is 3. The predicted octanol–water partition coefficient (Wildman–Crippen LogP) is 3.48. The number of amides is 1. The smallest absolute Gasteiger partial charge is 0.254 e. The Morgan fingerprint density at radius 1 is 1.19 bits per heavy atom. The molecule has 138 valence electrons. The molecule has 7 heteroatoms. The Morgan fingerprint density at radius 3 is 2.54 bits per heavy atom. The highest BCUT2D eigenvalue weighted by Crippen LogP contribution is 2.33. The lowest BCUT2D eigenvalue weighted by Crippen LogP contribution is -2.30. The van der Waals surface area contributed by atoms with E-state index in [-0.39, 0.29) is 17.8 Å². The fourth-order valence-corrected chi connectivity index (χ4v) is 3.89. The summed E-state index contributed by atoms with van der Waals surface area (Å²) in [6.07, 6.45) is 2.76. The van der Waals surface area contributed by atoms with Crippen LogP contribution in [0.25, 0.3) is 0 Å². The summed E-state index contributed by atoms with van der Waals surface area (Å²) in [5, 5.41) is 0. The molecule has 1 saturated heterocycles. The summed E-state index contributed by atoms with van der Waals surface area (Å²) in [5.41, 5.74) is 2.47. The van der Waals surface area contributed by atoms with Crippen LogP contribution in [-0.4, -0.2) is 32.0 Å². The van der Waals surface area contributed by atoms with Crippen molar-refractivity contribution in [3.8, 4) is 0 Å². The van der Waals surface area contributed by atoms with Gasteiger partial charge in [-0.05, 0) is 55.2 Å². The number of nitrogens with one attached hydrogen (secondary N) is 1. The van der Waals surface area contributed by atoms with Gasteiger partial charge in [-0.15, -0.1) is 0 Å². The second-order valence-electron chi connectivity index (χ2n) is 6.61. The van der Waals surface area contributed by atoms with E-state index < -0.39 is 10.0 Å². The Labute approximate surface area is 152 Å². The van der Waals surface area contributed by atoms with Gasteiger partial charge in [0.2, 0.25) is 10.0 Å². The number of carbonyl (C=O) groups is 1. The van der Waals surface area contributed by atoms with E-state index in [1.54, 1.807) is 42.2 Å². The standard InChI is InChI=1S/C19H21FN2O3S/c1-13-5-6-15(12-17(13)21-26(2,24)25)19(23)22-11-3-4-18(22)14-7-9-16(20)10-8-14/h5-10,12,18,21H,3-4,11H2,1-2H3. The molecule has 2 aromatic rings. The quantitative estimate of drug-likeness (QED) is 0.888. The number of carbonyl (C=O) groups excluding carboxylic acids is 1. The Bertz CT molecular complexity index is 926. The minimum atomic E-state index is -3.43. The van der Waals surface area contributed by atoms with Crippen LogP contribution in [0.5, 0.6) is 0 Å². The fraction of sp³-hybridized carbons (Fsp3) is 0.316. The number of anilines is 1. The summed E-state index contributed by atoms with van der Waals surface area (Å²) in [4.78, 5) is 14.8. The van der Waals surface area contributed by atoms with Crippen molar-refractivity contribution in [2.45, 2.75) is 25.8 Å². The fourth-order valence-electron chi connectivity index (χ4n) is 3.27. The van der Waals surface area contributed by atoms with E-state index in [0.29, 0.717) is 17.8 Å². The molecule has 1 aliphatic heterocycles. The van der Waals surface area contributed by atoms with Crippen LogP contribution in [0.15, 0.2) is 42.5 Å². The van der Waals surface area contributed by atoms with Crippen molar-refractivity contribution in [2.75, 3.05) is 17.5 Å². The lowest BCUT2D eigenvalue weighted by Gasteiger charge is -2.25. The van der Waals surface area contributed by atoms with Crippen LogP contribution in [-0.2, 0) is 10.0 Å². The third-order valence-electron chi connectivity index (χ3n) is 4.55. The van der Waals surface area contributed by atoms with Gasteiger partial charge in [-0.3, -0.25) is 9.52 Å². The Hall–Kier alpha value is -2.41. The lowest BCUT2D eigenvalue weighted by molar-refractivity contribution is 0.0735. The number of hydrogen-bond donors (Lipinski definition) is 1. The van der Waals surface area contributed by atoms with Crippen molar-refractivity contribution in [1.29, 1.82) is 0 Å². The van der Waals surface area contributed by atoms with Crippen molar-refractivity contribution in [2.24, 2.45) is 0 Å². The molecule has 1 heterocycles. The molecule has 1 amide bonds. The second kappa shape index (κ2) is 7.07. The van der Waals surface area contributed by atoms with Crippen molar-refractivity contribution in [1.82, 2.24) is 4.90 Å². The van der Waals surface area contributed by atoms with Gasteiger partial charge in [0, 0.05) is 12.1 Å². The summed E-state index contributed by atoms with van der Waals surface area (Å²) < 4.78 is 38.7. The van der Waals surface area contributed by atoms with Crippen molar-refractivity contribution in [3.63, 3.8) is 0 Å². The molecule has 26 heavy (non-hydrogen) atoms. The minimum absolute atomic E-state index is 0.101. The second-order valence-corrected chi connectivity index (χ2v) is 8.36. The van der Waals surface area contributed by atoms with Crippen LogP contribution in [0.1, 0.15) is 40.4 Å². The largest absolute Gasteiger partial charge is 0.332 e. The Morgan fingerprint density at radius 2 is 1.88 bits per heavy atom. The molecule has 0 spiro atoms. The van der Waals surface area contributed by atoms with Crippen molar-refractivity contribution < 1.29 is 17.6 Å². The van der Waals surface area contributed by atoms with Gasteiger partial charge in [-0.25, -0.2) is 12.8 Å². The van der Waals surface area contributed by atoms with Gasteiger partial charge in [-0.2, -0.15) is 0 Å². The van der Waals surface area contributed by atoms with Gasteiger partial charge >= 0.3 is 0 Å². The minimum Gasteiger partial charge on any atom is -0.332 e. The number of halogens is 1. The van der Waals surface area contributed by atoms with E-state index in [9.17, 15) is 17.6 Å². The van der Waals surface area contributed by atoms with Gasteiger partial charge in [0.15, 0.2) is 0 Å². The average Bonchev–Trinajstić information content (AvgIpc) is 3.05. The van der Waals surface area contributed by atoms with E-state index in [4.69, 9.17) is 0 Å². The molecule has 0 bridgehead atoms. The topological polar surface area (TPSA) is 66.5 Å². The number of sulfonamides is 1. The maximum Gasteiger partial charge on any atom is 0.254 e. The summed E-state index contributed by atoms with van der Waals surface area (Å²) in [7, 11) is -3.43. The van der Waals surface area contributed by atoms with Crippen LogP contribution in [0.2, 0.25) is 0 Å². The number of benzene rings is 2. The van der Waals surface area contributed by atoms with Gasteiger partial charge < -0.3 is 4.90 Å². The molecule has 1 unspecified atom stereocenters. The third-order valence-corrected chi connectivity index (χ3v) is 5.14. The molecule has 0 aliphatic carbocycles. The summed E-state index contributed by atoms with van der Waals surface area (Å²) >= 11 is 0. The maximum atomic E-state index is 13.2. The molecule has 5 nitrogen and oxygen atoms in total. The molecule has 1 N–H and O–H groups in total. The van der Waals surface area contributed by atoms with E-state index in [1.165, 1.54) is 12.1 Å². The highest BCUT2D eigenvalue weighted by Gasteiger charge is 2.30. The summed E-state index contributed by atoms with van der Waals surface area (Å²) in [6, 6.07) is 11.1. The Kier molecular flexibility index (Phi) is 5.00. The first kappa shape index (κ1) is 18.4. The summed E-state index contributed by atoms with van der Waals surface area (Å²) in [5.74, 6) is -0.465. The van der Waals surface area contributed by atoms with Gasteiger partial charge in [0.05, 0.1) is 18.0 Å². The molecule has 1 fully saturated rings. The third kappa shape index (κ3) is 4.04. The average molecular weight is 376 g/mol. The molecule has 0 radical (unpaired) electrons. The molecule has 1 atom stereocenters. The molecule has 0 aromatic heterocycles. The first-order valence-corrected chi connectivity index (χ1v) is 10.3. The zero-order chi connectivity index (χ0) is 18.9. The van der Waals surface area contributed by atoms with Crippen LogP contribution < -0.4 is 4.72 Å². The van der Waals surface area contributed by atoms with Crippen molar-refractivity contribution >= 4 is 21.6 Å². The number of rotatable bonds is 4. The van der Waals surface area contributed by atoms with Crippen molar-refractivity contribution in [3.05, 3.63) is 65.0 Å². The maximum absolute atomic E-state index is 13.2. The highest BCUT2D eigenvalue weighted by molar-refractivity contribution is 7.92.